The molecular formula is C20H20N2O5. The largest absolute Gasteiger partial charge is 0.504 e. The minimum absolute atomic E-state index is 0.0397. The predicted molar refractivity (Wildman–Crippen MR) is 97.2 cm³/mol. The van der Waals surface area contributed by atoms with Crippen LogP contribution in [0.25, 0.3) is 11.4 Å². The first-order chi connectivity index (χ1) is 13.0. The van der Waals surface area contributed by atoms with Gasteiger partial charge in [-0.2, -0.15) is 4.98 Å². The number of aromatic nitrogens is 2. The van der Waals surface area contributed by atoms with Gasteiger partial charge in [-0.15, -0.1) is 0 Å². The highest BCUT2D eigenvalue weighted by molar-refractivity contribution is 5.69. The van der Waals surface area contributed by atoms with E-state index in [1.54, 1.807) is 18.2 Å². The number of nitrogens with zero attached hydrogens (tertiary/aromatic N) is 2. The van der Waals surface area contributed by atoms with E-state index in [9.17, 15) is 9.90 Å². The maximum atomic E-state index is 11.9. The van der Waals surface area contributed by atoms with Gasteiger partial charge in [0, 0.05) is 12.0 Å². The third-order valence-corrected chi connectivity index (χ3v) is 4.00. The average molecular weight is 368 g/mol. The van der Waals surface area contributed by atoms with Gasteiger partial charge in [0.15, 0.2) is 18.1 Å². The number of hydrogen-bond donors (Lipinski definition) is 1. The van der Waals surface area contributed by atoms with Gasteiger partial charge >= 0.3 is 5.97 Å². The third-order valence-electron chi connectivity index (χ3n) is 4.00. The molecule has 0 bridgehead atoms. The Labute approximate surface area is 156 Å². The second-order valence-corrected chi connectivity index (χ2v) is 6.04. The van der Waals surface area contributed by atoms with E-state index in [4.69, 9.17) is 14.0 Å². The fourth-order valence-electron chi connectivity index (χ4n) is 2.49. The van der Waals surface area contributed by atoms with E-state index < -0.39 is 0 Å². The van der Waals surface area contributed by atoms with E-state index >= 15 is 0 Å². The molecule has 0 aliphatic rings. The van der Waals surface area contributed by atoms with Crippen LogP contribution in [0.15, 0.2) is 47.0 Å². The summed E-state index contributed by atoms with van der Waals surface area (Å²) < 4.78 is 15.3. The number of phenolic OH excluding ortho intramolecular Hbond substituents is 1. The lowest BCUT2D eigenvalue weighted by Gasteiger charge is -2.06. The Balaban J connectivity index is 1.49. The first-order valence-corrected chi connectivity index (χ1v) is 8.46. The van der Waals surface area contributed by atoms with Crippen molar-refractivity contribution in [3.05, 3.63) is 59.5 Å². The molecule has 3 rings (SSSR count). The molecule has 1 heterocycles. The van der Waals surface area contributed by atoms with Gasteiger partial charge in [0.25, 0.3) is 5.89 Å². The number of benzene rings is 2. The molecule has 0 spiro atoms. The Morgan fingerprint density at radius 2 is 1.96 bits per heavy atom. The van der Waals surface area contributed by atoms with Crippen molar-refractivity contribution in [2.75, 3.05) is 7.11 Å². The smallest absolute Gasteiger partial charge is 0.306 e. The van der Waals surface area contributed by atoms with Crippen molar-refractivity contribution in [1.82, 2.24) is 10.1 Å². The van der Waals surface area contributed by atoms with Crippen molar-refractivity contribution in [3.63, 3.8) is 0 Å². The predicted octanol–water partition coefficient (Wildman–Crippen LogP) is 3.44. The van der Waals surface area contributed by atoms with Crippen LogP contribution in [0, 0.1) is 6.92 Å². The molecule has 0 fully saturated rings. The molecule has 0 saturated carbocycles. The zero-order valence-electron chi connectivity index (χ0n) is 15.1. The molecule has 27 heavy (non-hydrogen) atoms. The zero-order valence-corrected chi connectivity index (χ0v) is 15.1. The molecule has 0 saturated heterocycles. The number of methoxy groups -OCH3 is 1. The van der Waals surface area contributed by atoms with E-state index in [0.717, 1.165) is 16.7 Å². The highest BCUT2D eigenvalue weighted by Crippen LogP contribution is 2.26. The lowest BCUT2D eigenvalue weighted by Crippen LogP contribution is -2.06. The number of ether oxygens (including phenoxy) is 2. The van der Waals surface area contributed by atoms with E-state index in [1.807, 2.05) is 31.2 Å². The van der Waals surface area contributed by atoms with Gasteiger partial charge in [-0.25, -0.2) is 0 Å². The molecule has 1 N–H and O–H groups in total. The summed E-state index contributed by atoms with van der Waals surface area (Å²) in [5.74, 6) is 0.733. The highest BCUT2D eigenvalue weighted by Gasteiger charge is 2.12. The van der Waals surface area contributed by atoms with Crippen LogP contribution in [0.5, 0.6) is 11.5 Å². The number of phenols is 1. The second kappa shape index (κ2) is 8.35. The van der Waals surface area contributed by atoms with Crippen molar-refractivity contribution in [3.8, 4) is 22.9 Å². The van der Waals surface area contributed by atoms with Gasteiger partial charge in [0.05, 0.1) is 7.11 Å². The van der Waals surface area contributed by atoms with Crippen LogP contribution >= 0.6 is 0 Å². The second-order valence-electron chi connectivity index (χ2n) is 6.04. The van der Waals surface area contributed by atoms with Crippen molar-refractivity contribution < 1.29 is 23.9 Å². The summed E-state index contributed by atoms with van der Waals surface area (Å²) in [6.45, 7) is 1.92. The molecule has 0 unspecified atom stereocenters. The van der Waals surface area contributed by atoms with E-state index in [2.05, 4.69) is 10.1 Å². The molecule has 0 aliphatic carbocycles. The Kier molecular flexibility index (Phi) is 5.71. The van der Waals surface area contributed by atoms with Gasteiger partial charge in [-0.05, 0) is 31.0 Å². The van der Waals surface area contributed by atoms with Crippen LogP contribution in [0.2, 0.25) is 0 Å². The lowest BCUT2D eigenvalue weighted by molar-refractivity contribution is -0.145. The Morgan fingerprint density at radius 1 is 1.19 bits per heavy atom. The summed E-state index contributed by atoms with van der Waals surface area (Å²) in [6, 6.07) is 12.7. The highest BCUT2D eigenvalue weighted by atomic mass is 16.6. The quantitative estimate of drug-likeness (QED) is 0.638. The molecule has 0 aliphatic heterocycles. The van der Waals surface area contributed by atoms with E-state index in [-0.39, 0.29) is 30.6 Å². The molecular weight excluding hydrogens is 348 g/mol. The molecule has 3 aromatic rings. The minimum atomic E-state index is -0.389. The summed E-state index contributed by atoms with van der Waals surface area (Å²) in [6.07, 6.45) is 0.611. The molecule has 1 aromatic heterocycles. The number of rotatable bonds is 7. The van der Waals surface area contributed by atoms with Crippen molar-refractivity contribution in [1.29, 1.82) is 0 Å². The van der Waals surface area contributed by atoms with Gasteiger partial charge in [-0.3, -0.25) is 4.79 Å². The number of aromatic hydroxyl groups is 1. The number of aryl methyl sites for hydroxylation is 2. The Bertz CT molecular complexity index is 918. The number of esters is 1. The first-order valence-electron chi connectivity index (χ1n) is 8.46. The fourth-order valence-corrected chi connectivity index (χ4v) is 2.49. The average Bonchev–Trinajstić information content (AvgIpc) is 3.14. The molecule has 0 atom stereocenters. The van der Waals surface area contributed by atoms with Crippen molar-refractivity contribution in [2.45, 2.75) is 26.4 Å². The molecule has 0 radical (unpaired) electrons. The minimum Gasteiger partial charge on any atom is -0.504 e. The van der Waals surface area contributed by atoms with Gasteiger partial charge in [0.1, 0.15) is 0 Å². The number of hydrogen-bond acceptors (Lipinski definition) is 7. The van der Waals surface area contributed by atoms with Crippen molar-refractivity contribution >= 4 is 5.97 Å². The summed E-state index contributed by atoms with van der Waals surface area (Å²) >= 11 is 0. The molecule has 7 nitrogen and oxygen atoms in total. The topological polar surface area (TPSA) is 94.7 Å². The van der Waals surface area contributed by atoms with Gasteiger partial charge in [-0.1, -0.05) is 41.1 Å². The first kappa shape index (κ1) is 18.4. The maximum Gasteiger partial charge on any atom is 0.306 e. The SMILES string of the molecule is COc1ccc(CCC(=O)OCc2nc(-c3ccc(C)cc3)no2)cc1O. The monoisotopic (exact) mass is 368 g/mol. The van der Waals surface area contributed by atoms with Crippen LogP contribution < -0.4 is 4.74 Å². The summed E-state index contributed by atoms with van der Waals surface area (Å²) in [5, 5.41) is 13.6. The van der Waals surface area contributed by atoms with Crippen LogP contribution in [0.4, 0.5) is 0 Å². The zero-order chi connectivity index (χ0) is 19.2. The van der Waals surface area contributed by atoms with Gasteiger partial charge in [0.2, 0.25) is 5.82 Å². The molecule has 0 amide bonds. The lowest BCUT2D eigenvalue weighted by atomic mass is 10.1. The van der Waals surface area contributed by atoms with Crippen LogP contribution in [0.1, 0.15) is 23.4 Å². The third kappa shape index (κ3) is 4.84. The van der Waals surface area contributed by atoms with Crippen molar-refractivity contribution in [2.24, 2.45) is 0 Å². The molecule has 2 aromatic carbocycles. The fraction of sp³-hybridized carbons (Fsp3) is 0.250. The summed E-state index contributed by atoms with van der Waals surface area (Å²) in [5.41, 5.74) is 2.78. The van der Waals surface area contributed by atoms with E-state index in [1.165, 1.54) is 7.11 Å². The Hall–Kier alpha value is -3.35. The van der Waals surface area contributed by atoms with Gasteiger partial charge < -0.3 is 19.1 Å². The van der Waals surface area contributed by atoms with Crippen LogP contribution in [0.3, 0.4) is 0 Å². The summed E-state index contributed by atoms with van der Waals surface area (Å²) in [7, 11) is 1.48. The molecule has 7 heteroatoms. The van der Waals surface area contributed by atoms with Crippen LogP contribution in [-0.4, -0.2) is 28.3 Å². The molecule has 140 valence electrons. The normalized spacial score (nSPS) is 10.6. The number of carbonyl (C=O) groups is 1. The summed E-state index contributed by atoms with van der Waals surface area (Å²) in [4.78, 5) is 16.1. The maximum absolute atomic E-state index is 11.9. The standard InChI is InChI=1S/C20H20N2O5/c1-13-3-7-15(8-4-13)20-21-18(27-22-20)12-26-19(24)10-6-14-5-9-17(25-2)16(23)11-14/h3-5,7-9,11,23H,6,10,12H2,1-2H3. The van der Waals surface area contributed by atoms with Crippen LogP contribution in [-0.2, 0) is 22.6 Å². The Morgan fingerprint density at radius 3 is 2.67 bits per heavy atom. The van der Waals surface area contributed by atoms with E-state index in [0.29, 0.717) is 18.0 Å². The number of carbonyl (C=O) groups excluding carboxylic acids is 1.